The van der Waals surface area contributed by atoms with Gasteiger partial charge in [-0.15, -0.1) is 0 Å². The quantitative estimate of drug-likeness (QED) is 0.561. The molecular formula is C20H24O5. The molecule has 1 fully saturated rings. The molecule has 0 unspecified atom stereocenters. The first-order valence-electron chi connectivity index (χ1n) is 8.71. The second kappa shape index (κ2) is 5.16. The van der Waals surface area contributed by atoms with E-state index in [1.165, 1.54) is 0 Å². The second-order valence-corrected chi connectivity index (χ2v) is 8.45. The summed E-state index contributed by atoms with van der Waals surface area (Å²) >= 11 is 0. The van der Waals surface area contributed by atoms with Crippen molar-refractivity contribution in [2.75, 3.05) is 0 Å². The summed E-state index contributed by atoms with van der Waals surface area (Å²) in [6.07, 6.45) is 2.12. The number of aliphatic hydroxyl groups excluding tert-OH is 2. The van der Waals surface area contributed by atoms with Crippen LogP contribution in [-0.4, -0.2) is 27.6 Å². The normalized spacial score (nSPS) is 29.4. The van der Waals surface area contributed by atoms with E-state index in [-0.39, 0.29) is 22.5 Å². The number of rotatable bonds is 1. The summed E-state index contributed by atoms with van der Waals surface area (Å²) in [6, 6.07) is 0. The van der Waals surface area contributed by atoms with Crippen LogP contribution in [0.2, 0.25) is 0 Å². The van der Waals surface area contributed by atoms with Crippen LogP contribution in [0.4, 0.5) is 0 Å². The average molecular weight is 344 g/mol. The Bertz CT molecular complexity index is 819. The van der Waals surface area contributed by atoms with Crippen LogP contribution in [0, 0.1) is 16.7 Å². The van der Waals surface area contributed by atoms with Crippen molar-refractivity contribution in [3.8, 4) is 0 Å². The third-order valence-electron chi connectivity index (χ3n) is 5.94. The minimum absolute atomic E-state index is 0.0491. The van der Waals surface area contributed by atoms with Gasteiger partial charge in [0.25, 0.3) is 0 Å². The predicted octanol–water partition coefficient (Wildman–Crippen LogP) is 3.51. The molecule has 3 aliphatic rings. The van der Waals surface area contributed by atoms with Gasteiger partial charge in [0.1, 0.15) is 5.76 Å². The van der Waals surface area contributed by atoms with Crippen LogP contribution in [0.5, 0.6) is 0 Å². The van der Waals surface area contributed by atoms with E-state index in [0.717, 1.165) is 12.8 Å². The van der Waals surface area contributed by atoms with Gasteiger partial charge in [-0.2, -0.15) is 0 Å². The number of Topliss-reactive ketones (excluding diaryl/α,β-unsaturated/α-hetero) is 3. The van der Waals surface area contributed by atoms with E-state index in [4.69, 9.17) is 0 Å². The standard InChI is InChI=1S/C20H24O5/c1-9(2)10-13(21)11-12(16(24)14(10)22)20(5)8-6-7-19(3,4)18(20)17(25)15(11)23/h9,21,25H,6-8H2,1-5H3/t20-/m1/s1. The van der Waals surface area contributed by atoms with Crippen molar-refractivity contribution in [1.82, 2.24) is 0 Å². The van der Waals surface area contributed by atoms with E-state index >= 15 is 0 Å². The second-order valence-electron chi connectivity index (χ2n) is 8.45. The van der Waals surface area contributed by atoms with Crippen molar-refractivity contribution in [1.29, 1.82) is 0 Å². The molecule has 0 bridgehead atoms. The van der Waals surface area contributed by atoms with E-state index in [1.807, 2.05) is 13.8 Å². The summed E-state index contributed by atoms with van der Waals surface area (Å²) in [6.45, 7) is 9.02. The highest BCUT2D eigenvalue weighted by molar-refractivity contribution is 6.52. The molecule has 2 N–H and O–H groups in total. The molecule has 0 saturated heterocycles. The molecule has 0 radical (unpaired) electrons. The highest BCUT2D eigenvalue weighted by Gasteiger charge is 2.56. The number of allylic oxidation sites excluding steroid dienone is 5. The van der Waals surface area contributed by atoms with Crippen LogP contribution in [0.25, 0.3) is 0 Å². The Kier molecular flexibility index (Phi) is 3.64. The minimum Gasteiger partial charge on any atom is -0.507 e. The van der Waals surface area contributed by atoms with Crippen molar-refractivity contribution in [2.45, 2.75) is 53.9 Å². The number of aliphatic hydroxyl groups is 2. The number of carbonyl (C=O) groups is 3. The molecule has 0 spiro atoms. The lowest BCUT2D eigenvalue weighted by Crippen LogP contribution is -2.47. The highest BCUT2D eigenvalue weighted by Crippen LogP contribution is 2.59. The molecule has 25 heavy (non-hydrogen) atoms. The van der Waals surface area contributed by atoms with Gasteiger partial charge in [0, 0.05) is 16.6 Å². The molecule has 1 saturated carbocycles. The Hall–Kier alpha value is -2.17. The number of hydrogen-bond donors (Lipinski definition) is 2. The van der Waals surface area contributed by atoms with Crippen LogP contribution in [0.1, 0.15) is 53.9 Å². The molecule has 1 atom stereocenters. The fourth-order valence-corrected chi connectivity index (χ4v) is 4.94. The summed E-state index contributed by atoms with van der Waals surface area (Å²) in [5.41, 5.74) is -1.05. The van der Waals surface area contributed by atoms with Gasteiger partial charge in [-0.25, -0.2) is 0 Å². The Balaban J connectivity index is 2.38. The van der Waals surface area contributed by atoms with Gasteiger partial charge in [-0.1, -0.05) is 41.0 Å². The molecule has 0 heterocycles. The highest BCUT2D eigenvalue weighted by atomic mass is 16.3. The lowest BCUT2D eigenvalue weighted by Gasteiger charge is -2.49. The Morgan fingerprint density at radius 2 is 1.48 bits per heavy atom. The molecule has 0 aromatic carbocycles. The van der Waals surface area contributed by atoms with E-state index < -0.39 is 39.9 Å². The molecule has 5 heteroatoms. The van der Waals surface area contributed by atoms with Gasteiger partial charge in [-0.3, -0.25) is 14.4 Å². The summed E-state index contributed by atoms with van der Waals surface area (Å²) in [5.74, 6) is -3.47. The first-order valence-corrected chi connectivity index (χ1v) is 8.71. The van der Waals surface area contributed by atoms with Gasteiger partial charge in [0.05, 0.1) is 5.57 Å². The number of ketones is 3. The monoisotopic (exact) mass is 344 g/mol. The van der Waals surface area contributed by atoms with Gasteiger partial charge < -0.3 is 10.2 Å². The zero-order valence-corrected chi connectivity index (χ0v) is 15.3. The Morgan fingerprint density at radius 3 is 2.04 bits per heavy atom. The summed E-state index contributed by atoms with van der Waals surface area (Å²) in [4.78, 5) is 38.4. The maximum absolute atomic E-state index is 12.9. The van der Waals surface area contributed by atoms with Crippen LogP contribution < -0.4 is 0 Å². The molecule has 3 rings (SSSR count). The van der Waals surface area contributed by atoms with Crippen LogP contribution >= 0.6 is 0 Å². The Labute approximate surface area is 147 Å². The SMILES string of the molecule is CC(C)C1=C(O)C2=C(C(=O)C1=O)[C@@]1(C)CCCC(C)(C)C1=C(O)C2=O. The Morgan fingerprint density at radius 1 is 0.880 bits per heavy atom. The van der Waals surface area contributed by atoms with Crippen LogP contribution in [-0.2, 0) is 14.4 Å². The van der Waals surface area contributed by atoms with Crippen molar-refractivity contribution in [2.24, 2.45) is 16.7 Å². The molecule has 5 nitrogen and oxygen atoms in total. The fraction of sp³-hybridized carbons (Fsp3) is 0.550. The lowest BCUT2D eigenvalue weighted by molar-refractivity contribution is -0.134. The van der Waals surface area contributed by atoms with Gasteiger partial charge >= 0.3 is 0 Å². The average Bonchev–Trinajstić information content (AvgIpc) is 2.47. The van der Waals surface area contributed by atoms with Gasteiger partial charge in [0.15, 0.2) is 5.76 Å². The molecular weight excluding hydrogens is 320 g/mol. The zero-order valence-electron chi connectivity index (χ0n) is 15.3. The predicted molar refractivity (Wildman–Crippen MR) is 91.9 cm³/mol. The topological polar surface area (TPSA) is 91.7 Å². The van der Waals surface area contributed by atoms with E-state index in [0.29, 0.717) is 12.0 Å². The fourth-order valence-electron chi connectivity index (χ4n) is 4.94. The summed E-state index contributed by atoms with van der Waals surface area (Å²) in [5, 5.41) is 21.3. The number of fused-ring (bicyclic) bond motifs is 2. The maximum atomic E-state index is 12.9. The maximum Gasteiger partial charge on any atom is 0.233 e. The molecule has 0 aliphatic heterocycles. The largest absolute Gasteiger partial charge is 0.507 e. The third-order valence-corrected chi connectivity index (χ3v) is 5.94. The van der Waals surface area contributed by atoms with E-state index in [9.17, 15) is 24.6 Å². The third kappa shape index (κ3) is 2.11. The van der Waals surface area contributed by atoms with Crippen molar-refractivity contribution >= 4 is 17.3 Å². The summed E-state index contributed by atoms with van der Waals surface area (Å²) in [7, 11) is 0. The van der Waals surface area contributed by atoms with E-state index in [1.54, 1.807) is 20.8 Å². The molecule has 3 aliphatic carbocycles. The molecule has 134 valence electrons. The van der Waals surface area contributed by atoms with Crippen molar-refractivity contribution in [3.63, 3.8) is 0 Å². The smallest absolute Gasteiger partial charge is 0.233 e. The number of carbonyl (C=O) groups excluding carboxylic acids is 3. The van der Waals surface area contributed by atoms with Crippen molar-refractivity contribution in [3.05, 3.63) is 33.8 Å². The summed E-state index contributed by atoms with van der Waals surface area (Å²) < 4.78 is 0. The van der Waals surface area contributed by atoms with Gasteiger partial charge in [-0.05, 0) is 29.7 Å². The van der Waals surface area contributed by atoms with Gasteiger partial charge in [0.2, 0.25) is 17.3 Å². The van der Waals surface area contributed by atoms with Crippen LogP contribution in [0.15, 0.2) is 33.8 Å². The minimum atomic E-state index is -0.918. The molecule has 0 aromatic rings. The first-order chi connectivity index (χ1) is 11.4. The zero-order chi connectivity index (χ0) is 18.9. The van der Waals surface area contributed by atoms with E-state index in [2.05, 4.69) is 0 Å². The lowest BCUT2D eigenvalue weighted by atomic mass is 9.52. The van der Waals surface area contributed by atoms with Crippen LogP contribution in [0.3, 0.4) is 0 Å². The van der Waals surface area contributed by atoms with Crippen molar-refractivity contribution < 1.29 is 24.6 Å². The first kappa shape index (κ1) is 17.6. The number of hydrogen-bond acceptors (Lipinski definition) is 5. The molecule has 0 amide bonds. The molecule has 0 aromatic heterocycles.